The number of amides is 1. The van der Waals surface area contributed by atoms with Gasteiger partial charge in [-0.3, -0.25) is 19.4 Å². The first-order valence-corrected chi connectivity index (χ1v) is 13.5. The number of halogens is 1. The zero-order chi connectivity index (χ0) is 30.1. The van der Waals surface area contributed by atoms with E-state index in [0.29, 0.717) is 34.0 Å². The Kier molecular flexibility index (Phi) is 10.3. The van der Waals surface area contributed by atoms with E-state index < -0.39 is 18.6 Å². The van der Waals surface area contributed by atoms with Crippen molar-refractivity contribution in [1.82, 2.24) is 15.3 Å². The number of aromatic amines is 1. The topological polar surface area (TPSA) is 142 Å². The molecule has 1 amide bonds. The van der Waals surface area contributed by atoms with Crippen LogP contribution in [0.3, 0.4) is 0 Å². The third-order valence-electron chi connectivity index (χ3n) is 6.52. The molecule has 1 atom stereocenters. The Bertz CT molecular complexity index is 1550. The third kappa shape index (κ3) is 8.66. The molecule has 218 valence electrons. The number of Topliss-reactive ketones (excluding diaryl/α,β-unsaturated/α-hetero) is 2. The van der Waals surface area contributed by atoms with Gasteiger partial charge in [-0.15, -0.1) is 0 Å². The van der Waals surface area contributed by atoms with Crippen LogP contribution in [0.4, 0.5) is 4.39 Å². The van der Waals surface area contributed by atoms with E-state index in [9.17, 15) is 23.9 Å². The van der Waals surface area contributed by atoms with E-state index in [-0.39, 0.29) is 49.6 Å². The Labute approximate surface area is 242 Å². The lowest BCUT2D eigenvalue weighted by Crippen LogP contribution is -2.29. The van der Waals surface area contributed by atoms with E-state index >= 15 is 0 Å². The summed E-state index contributed by atoms with van der Waals surface area (Å²) in [6, 6.07) is 16.8. The molecule has 0 aliphatic carbocycles. The lowest BCUT2D eigenvalue weighted by Gasteiger charge is -2.08. The zero-order valence-corrected chi connectivity index (χ0v) is 23.1. The Morgan fingerprint density at radius 3 is 2.55 bits per heavy atom. The average Bonchev–Trinajstić information content (AvgIpc) is 3.48. The van der Waals surface area contributed by atoms with E-state index in [4.69, 9.17) is 9.84 Å². The standard InChI is InChI=1S/C32H32FN3O6/c1-20-2-9-29(33)22(12-20)14-26(40)13-21-3-7-27(8-4-21)42-28-10-11-34-31(16-28)30-15-23(17-35-30)32(41)36-18-24(38)5-6-25(39)19-37/h2-4,7-12,15-17,25,35,37,39H,5-6,13-14,18-19H2,1H3,(H,36,41). The first-order valence-electron chi connectivity index (χ1n) is 13.5. The van der Waals surface area contributed by atoms with Gasteiger partial charge >= 0.3 is 0 Å². The smallest absolute Gasteiger partial charge is 0.253 e. The van der Waals surface area contributed by atoms with Crippen molar-refractivity contribution in [3.63, 3.8) is 0 Å². The molecule has 10 heteroatoms. The highest BCUT2D eigenvalue weighted by molar-refractivity contribution is 5.97. The molecule has 42 heavy (non-hydrogen) atoms. The van der Waals surface area contributed by atoms with E-state index in [1.165, 1.54) is 12.3 Å². The van der Waals surface area contributed by atoms with Gasteiger partial charge in [-0.05, 0) is 54.8 Å². The molecule has 0 radical (unpaired) electrons. The maximum Gasteiger partial charge on any atom is 0.253 e. The SMILES string of the molecule is Cc1ccc(F)c(CC(=O)Cc2ccc(Oc3ccnc(-c4cc(C(=O)NCC(=O)CCC(O)CO)c[nH]4)c3)cc2)c1. The summed E-state index contributed by atoms with van der Waals surface area (Å²) in [5.74, 6) is -0.103. The largest absolute Gasteiger partial charge is 0.457 e. The van der Waals surface area contributed by atoms with Crippen LogP contribution in [0.5, 0.6) is 11.5 Å². The molecule has 0 aliphatic rings. The number of nitrogens with one attached hydrogen (secondary N) is 2. The van der Waals surface area contributed by atoms with Crippen molar-refractivity contribution in [2.75, 3.05) is 13.2 Å². The number of nitrogens with zero attached hydrogens (tertiary/aromatic N) is 1. The lowest BCUT2D eigenvalue weighted by molar-refractivity contribution is -0.119. The van der Waals surface area contributed by atoms with Crippen molar-refractivity contribution in [2.24, 2.45) is 0 Å². The number of ketones is 2. The van der Waals surface area contributed by atoms with Gasteiger partial charge in [-0.2, -0.15) is 0 Å². The summed E-state index contributed by atoms with van der Waals surface area (Å²) in [5, 5.41) is 20.7. The number of hydrogen-bond acceptors (Lipinski definition) is 7. The number of ether oxygens (including phenoxy) is 1. The molecular formula is C32H32FN3O6. The van der Waals surface area contributed by atoms with Crippen molar-refractivity contribution >= 4 is 17.5 Å². The average molecular weight is 574 g/mol. The maximum absolute atomic E-state index is 14.0. The Balaban J connectivity index is 1.31. The minimum Gasteiger partial charge on any atom is -0.457 e. The second-order valence-electron chi connectivity index (χ2n) is 10.0. The van der Waals surface area contributed by atoms with E-state index in [1.807, 2.05) is 6.92 Å². The molecule has 2 aromatic carbocycles. The Hall–Kier alpha value is -4.67. The van der Waals surface area contributed by atoms with Gasteiger partial charge in [-0.1, -0.05) is 29.8 Å². The van der Waals surface area contributed by atoms with Gasteiger partial charge < -0.3 is 25.3 Å². The predicted molar refractivity (Wildman–Crippen MR) is 154 cm³/mol. The van der Waals surface area contributed by atoms with E-state index in [0.717, 1.165) is 11.1 Å². The fourth-order valence-electron chi connectivity index (χ4n) is 4.24. The molecule has 2 aromatic heterocycles. The molecule has 1 unspecified atom stereocenters. The maximum atomic E-state index is 14.0. The van der Waals surface area contributed by atoms with Crippen molar-refractivity contribution in [1.29, 1.82) is 0 Å². The predicted octanol–water partition coefficient (Wildman–Crippen LogP) is 4.10. The van der Waals surface area contributed by atoms with Crippen LogP contribution in [0.25, 0.3) is 11.4 Å². The summed E-state index contributed by atoms with van der Waals surface area (Å²) >= 11 is 0. The van der Waals surface area contributed by atoms with Crippen molar-refractivity contribution in [2.45, 2.75) is 38.7 Å². The quantitative estimate of drug-likeness (QED) is 0.178. The first-order chi connectivity index (χ1) is 20.2. The molecular weight excluding hydrogens is 541 g/mol. The fraction of sp³-hybridized carbons (Fsp3) is 0.250. The van der Waals surface area contributed by atoms with Crippen LogP contribution < -0.4 is 10.1 Å². The first kappa shape index (κ1) is 30.3. The van der Waals surface area contributed by atoms with E-state index in [2.05, 4.69) is 15.3 Å². The molecule has 4 N–H and O–H groups in total. The summed E-state index contributed by atoms with van der Waals surface area (Å²) in [6.45, 7) is 1.26. The number of aromatic nitrogens is 2. The number of carbonyl (C=O) groups is 3. The molecule has 0 spiro atoms. The molecule has 4 aromatic rings. The van der Waals surface area contributed by atoms with Crippen LogP contribution in [0.15, 0.2) is 73.1 Å². The summed E-state index contributed by atoms with van der Waals surface area (Å²) < 4.78 is 20.0. The second-order valence-corrected chi connectivity index (χ2v) is 10.0. The minimum atomic E-state index is -0.957. The molecule has 0 aliphatic heterocycles. The van der Waals surface area contributed by atoms with Gasteiger partial charge in [0.1, 0.15) is 23.1 Å². The van der Waals surface area contributed by atoms with Crippen LogP contribution in [-0.4, -0.2) is 56.9 Å². The lowest BCUT2D eigenvalue weighted by atomic mass is 10.0. The Morgan fingerprint density at radius 2 is 1.79 bits per heavy atom. The van der Waals surface area contributed by atoms with Crippen molar-refractivity contribution < 1.29 is 33.7 Å². The van der Waals surface area contributed by atoms with Crippen LogP contribution in [0, 0.1) is 12.7 Å². The normalized spacial score (nSPS) is 11.6. The fourth-order valence-corrected chi connectivity index (χ4v) is 4.24. The highest BCUT2D eigenvalue weighted by Crippen LogP contribution is 2.26. The van der Waals surface area contributed by atoms with Crippen molar-refractivity contribution in [3.05, 3.63) is 101 Å². The summed E-state index contributed by atoms with van der Waals surface area (Å²) in [6.07, 6.45) is 2.51. The monoisotopic (exact) mass is 573 g/mol. The van der Waals surface area contributed by atoms with Crippen LogP contribution in [-0.2, 0) is 22.4 Å². The van der Waals surface area contributed by atoms with Crippen molar-refractivity contribution in [3.8, 4) is 22.9 Å². The summed E-state index contributed by atoms with van der Waals surface area (Å²) in [7, 11) is 0. The number of aliphatic hydroxyl groups is 2. The molecule has 0 fully saturated rings. The molecule has 0 bridgehead atoms. The van der Waals surface area contributed by atoms with E-state index in [1.54, 1.807) is 60.8 Å². The minimum absolute atomic E-state index is 0.0300. The number of hydrogen-bond donors (Lipinski definition) is 4. The highest BCUT2D eigenvalue weighted by atomic mass is 19.1. The molecule has 0 saturated heterocycles. The van der Waals surface area contributed by atoms with Gasteiger partial charge in [0.05, 0.1) is 36.2 Å². The molecule has 0 saturated carbocycles. The highest BCUT2D eigenvalue weighted by Gasteiger charge is 2.14. The van der Waals surface area contributed by atoms with Gasteiger partial charge in [0.15, 0.2) is 5.78 Å². The third-order valence-corrected chi connectivity index (χ3v) is 6.52. The summed E-state index contributed by atoms with van der Waals surface area (Å²) in [4.78, 5) is 44.2. The summed E-state index contributed by atoms with van der Waals surface area (Å²) in [5.41, 5.74) is 3.51. The number of rotatable bonds is 14. The molecule has 2 heterocycles. The number of pyridine rings is 1. The number of H-pyrrole nitrogens is 1. The van der Waals surface area contributed by atoms with Crippen LogP contribution >= 0.6 is 0 Å². The number of carbonyl (C=O) groups excluding carboxylic acids is 3. The number of benzene rings is 2. The number of aliphatic hydroxyl groups excluding tert-OH is 2. The Morgan fingerprint density at radius 1 is 1.00 bits per heavy atom. The van der Waals surface area contributed by atoms with Crippen LogP contribution in [0.1, 0.15) is 39.9 Å². The number of aryl methyl sites for hydroxylation is 1. The van der Waals surface area contributed by atoms with Gasteiger partial charge in [0.2, 0.25) is 0 Å². The second kappa shape index (κ2) is 14.3. The molecule has 4 rings (SSSR count). The molecule has 9 nitrogen and oxygen atoms in total. The van der Waals surface area contributed by atoms with Crippen LogP contribution in [0.2, 0.25) is 0 Å². The van der Waals surface area contributed by atoms with Gasteiger partial charge in [-0.25, -0.2) is 4.39 Å². The van der Waals surface area contributed by atoms with Gasteiger partial charge in [0, 0.05) is 37.7 Å². The van der Waals surface area contributed by atoms with Gasteiger partial charge in [0.25, 0.3) is 5.91 Å². The zero-order valence-electron chi connectivity index (χ0n) is 23.1.